The summed E-state index contributed by atoms with van der Waals surface area (Å²) in [4.78, 5) is 11.1. The van der Waals surface area contributed by atoms with Gasteiger partial charge in [0.25, 0.3) is 0 Å². The maximum atomic E-state index is 12.1. The molecule has 0 atom stereocenters. The third-order valence-electron chi connectivity index (χ3n) is 2.82. The molecule has 6 nitrogen and oxygen atoms in total. The first-order valence-electron chi connectivity index (χ1n) is 6.40. The molecule has 0 radical (unpaired) electrons. The highest BCUT2D eigenvalue weighted by molar-refractivity contribution is 9.10. The molecule has 0 amide bonds. The number of hydrogen-bond donors (Lipinski definition) is 2. The maximum absolute atomic E-state index is 12.1. The van der Waals surface area contributed by atoms with Crippen LogP contribution in [0.3, 0.4) is 0 Å². The zero-order chi connectivity index (χ0) is 16.0. The number of benzene rings is 1. The summed E-state index contributed by atoms with van der Waals surface area (Å²) < 4.78 is 32.3. The molecular formula is C13H18BrNO5S. The van der Waals surface area contributed by atoms with Crippen molar-refractivity contribution in [1.29, 1.82) is 0 Å². The largest absolute Gasteiger partial charge is 0.478 e. The third-order valence-corrected chi connectivity index (χ3v) is 5.08. The summed E-state index contributed by atoms with van der Waals surface area (Å²) in [6, 6.07) is 2.56. The lowest BCUT2D eigenvalue weighted by Crippen LogP contribution is -2.26. The van der Waals surface area contributed by atoms with Gasteiger partial charge in [0.1, 0.15) is 0 Å². The van der Waals surface area contributed by atoms with Gasteiger partial charge in [0.05, 0.1) is 10.5 Å². The second kappa shape index (κ2) is 7.88. The van der Waals surface area contributed by atoms with Crippen LogP contribution in [0, 0.1) is 6.92 Å². The number of nitrogens with one attached hydrogen (secondary N) is 1. The lowest BCUT2D eigenvalue weighted by Gasteiger charge is -2.10. The normalized spacial score (nSPS) is 11.6. The van der Waals surface area contributed by atoms with Crippen LogP contribution in [0.1, 0.15) is 29.3 Å². The summed E-state index contributed by atoms with van der Waals surface area (Å²) >= 11 is 3.18. The van der Waals surface area contributed by atoms with E-state index in [0.29, 0.717) is 29.7 Å². The average Bonchev–Trinajstić information content (AvgIpc) is 2.40. The van der Waals surface area contributed by atoms with Crippen LogP contribution in [0.15, 0.2) is 21.5 Å². The van der Waals surface area contributed by atoms with E-state index in [0.717, 1.165) is 6.07 Å². The van der Waals surface area contributed by atoms with E-state index in [1.807, 2.05) is 6.92 Å². The monoisotopic (exact) mass is 379 g/mol. The maximum Gasteiger partial charge on any atom is 0.336 e. The quantitative estimate of drug-likeness (QED) is 0.675. The highest BCUT2D eigenvalue weighted by atomic mass is 79.9. The first-order valence-corrected chi connectivity index (χ1v) is 8.68. The van der Waals surface area contributed by atoms with Crippen LogP contribution in [0.25, 0.3) is 0 Å². The van der Waals surface area contributed by atoms with Crippen LogP contribution in [-0.2, 0) is 14.8 Å². The first-order chi connectivity index (χ1) is 9.79. The molecule has 0 heterocycles. The van der Waals surface area contributed by atoms with Crippen molar-refractivity contribution in [2.24, 2.45) is 0 Å². The van der Waals surface area contributed by atoms with Crippen LogP contribution < -0.4 is 4.72 Å². The van der Waals surface area contributed by atoms with Crippen molar-refractivity contribution in [3.8, 4) is 0 Å². The molecule has 2 N–H and O–H groups in total. The van der Waals surface area contributed by atoms with Crippen molar-refractivity contribution in [3.05, 3.63) is 27.7 Å². The lowest BCUT2D eigenvalue weighted by molar-refractivity contribution is 0.0695. The molecule has 0 spiro atoms. The van der Waals surface area contributed by atoms with Gasteiger partial charge in [-0.25, -0.2) is 17.9 Å². The van der Waals surface area contributed by atoms with Crippen LogP contribution >= 0.6 is 15.9 Å². The van der Waals surface area contributed by atoms with Crippen LogP contribution in [-0.4, -0.2) is 39.3 Å². The van der Waals surface area contributed by atoms with Crippen LogP contribution in [0.5, 0.6) is 0 Å². The molecular weight excluding hydrogens is 362 g/mol. The number of carboxylic acid groups (broad SMARTS) is 1. The van der Waals surface area contributed by atoms with Crippen molar-refractivity contribution in [2.45, 2.75) is 25.2 Å². The Hall–Kier alpha value is -0.960. The minimum atomic E-state index is -3.74. The van der Waals surface area contributed by atoms with Gasteiger partial charge in [-0.2, -0.15) is 0 Å². The molecule has 1 aromatic rings. The van der Waals surface area contributed by atoms with Gasteiger partial charge < -0.3 is 9.84 Å². The number of halogens is 1. The van der Waals surface area contributed by atoms with E-state index in [9.17, 15) is 13.2 Å². The van der Waals surface area contributed by atoms with E-state index in [4.69, 9.17) is 9.84 Å². The summed E-state index contributed by atoms with van der Waals surface area (Å²) in [5.41, 5.74) is 0.442. The number of sulfonamides is 1. The average molecular weight is 380 g/mol. The van der Waals surface area contributed by atoms with E-state index in [-0.39, 0.29) is 17.0 Å². The molecule has 0 unspecified atom stereocenters. The van der Waals surface area contributed by atoms with Gasteiger partial charge in [-0.15, -0.1) is 0 Å². The Labute approximate surface area is 132 Å². The summed E-state index contributed by atoms with van der Waals surface area (Å²) in [6.45, 7) is 4.76. The number of hydrogen-bond acceptors (Lipinski definition) is 4. The highest BCUT2D eigenvalue weighted by Gasteiger charge is 2.19. The van der Waals surface area contributed by atoms with E-state index >= 15 is 0 Å². The zero-order valence-electron chi connectivity index (χ0n) is 11.8. The van der Waals surface area contributed by atoms with Gasteiger partial charge >= 0.3 is 5.97 Å². The minimum absolute atomic E-state index is 0.0425. The molecule has 0 aliphatic heterocycles. The molecule has 1 aromatic carbocycles. The molecule has 21 heavy (non-hydrogen) atoms. The summed E-state index contributed by atoms with van der Waals surface area (Å²) in [6.07, 6.45) is 0.548. The number of carbonyl (C=O) groups is 1. The Morgan fingerprint density at radius 1 is 1.43 bits per heavy atom. The SMILES string of the molecule is CCOCCCNS(=O)(=O)c1cc(Br)c(C)c(C(=O)O)c1. The first kappa shape index (κ1) is 18.1. The second-order valence-electron chi connectivity index (χ2n) is 4.33. The molecule has 8 heteroatoms. The molecule has 0 aliphatic carbocycles. The molecule has 0 aromatic heterocycles. The summed E-state index contributed by atoms with van der Waals surface area (Å²) in [5.74, 6) is -1.17. The lowest BCUT2D eigenvalue weighted by atomic mass is 10.1. The van der Waals surface area contributed by atoms with Gasteiger partial charge in [0, 0.05) is 24.2 Å². The minimum Gasteiger partial charge on any atom is -0.478 e. The predicted molar refractivity (Wildman–Crippen MR) is 82.1 cm³/mol. The fraction of sp³-hybridized carbons (Fsp3) is 0.462. The van der Waals surface area contributed by atoms with Gasteiger partial charge in [0.15, 0.2) is 0 Å². The summed E-state index contributed by atoms with van der Waals surface area (Å²) in [7, 11) is -3.74. The third kappa shape index (κ3) is 5.06. The second-order valence-corrected chi connectivity index (χ2v) is 6.95. The Morgan fingerprint density at radius 3 is 2.67 bits per heavy atom. The van der Waals surface area contributed by atoms with Crippen molar-refractivity contribution in [2.75, 3.05) is 19.8 Å². The smallest absolute Gasteiger partial charge is 0.336 e. The number of rotatable bonds is 8. The topological polar surface area (TPSA) is 92.7 Å². The fourth-order valence-electron chi connectivity index (χ4n) is 1.64. The fourth-order valence-corrected chi connectivity index (χ4v) is 3.38. The van der Waals surface area contributed by atoms with Crippen molar-refractivity contribution < 1.29 is 23.1 Å². The molecule has 0 saturated heterocycles. The van der Waals surface area contributed by atoms with Crippen molar-refractivity contribution >= 4 is 31.9 Å². The van der Waals surface area contributed by atoms with E-state index in [1.165, 1.54) is 6.07 Å². The van der Waals surface area contributed by atoms with E-state index in [1.54, 1.807) is 6.92 Å². The molecule has 0 saturated carbocycles. The highest BCUT2D eigenvalue weighted by Crippen LogP contribution is 2.24. The number of ether oxygens (including phenoxy) is 1. The molecule has 118 valence electrons. The molecule has 1 rings (SSSR count). The Morgan fingerprint density at radius 2 is 2.10 bits per heavy atom. The van der Waals surface area contributed by atoms with Crippen molar-refractivity contribution in [3.63, 3.8) is 0 Å². The Balaban J connectivity index is 2.91. The van der Waals surface area contributed by atoms with Crippen LogP contribution in [0.4, 0.5) is 0 Å². The summed E-state index contributed by atoms with van der Waals surface area (Å²) in [5, 5.41) is 9.10. The molecule has 0 bridgehead atoms. The van der Waals surface area contributed by atoms with Gasteiger partial charge in [-0.05, 0) is 38.0 Å². The standard InChI is InChI=1S/C13H18BrNO5S/c1-3-20-6-4-5-15-21(18,19)10-7-11(13(16)17)9(2)12(14)8-10/h7-8,15H,3-6H2,1-2H3,(H,16,17). The number of carboxylic acids is 1. The van der Waals surface area contributed by atoms with Gasteiger partial charge in [-0.3, -0.25) is 0 Å². The van der Waals surface area contributed by atoms with Crippen LogP contribution in [0.2, 0.25) is 0 Å². The van der Waals surface area contributed by atoms with Gasteiger partial charge in [-0.1, -0.05) is 15.9 Å². The zero-order valence-corrected chi connectivity index (χ0v) is 14.3. The molecule has 0 aliphatic rings. The van der Waals surface area contributed by atoms with E-state index in [2.05, 4.69) is 20.7 Å². The van der Waals surface area contributed by atoms with Crippen molar-refractivity contribution in [1.82, 2.24) is 4.72 Å². The Kier molecular flexibility index (Phi) is 6.79. The molecule has 0 fully saturated rings. The van der Waals surface area contributed by atoms with E-state index < -0.39 is 16.0 Å². The number of aromatic carboxylic acids is 1. The Bertz CT molecular complexity index is 615. The van der Waals surface area contributed by atoms with Gasteiger partial charge in [0.2, 0.25) is 10.0 Å². The predicted octanol–water partition coefficient (Wildman–Crippen LogP) is 2.16.